The minimum absolute atomic E-state index is 0.00799. The molecular formula is C14H21N3O4. The van der Waals surface area contributed by atoms with Gasteiger partial charge >= 0.3 is 5.69 Å². The van der Waals surface area contributed by atoms with Gasteiger partial charge in [0.05, 0.1) is 25.2 Å². The summed E-state index contributed by atoms with van der Waals surface area (Å²) in [6.07, 6.45) is 0.925. The van der Waals surface area contributed by atoms with Crippen molar-refractivity contribution in [2.45, 2.75) is 6.42 Å². The standard InChI is InChI=1S/C14H21N3O4/c1-20-13-5-2-4-12(14(13)17(18)19)15-6-3-7-16-8-10-21-11-9-16/h2,4-5,15H,3,6-11H2,1H3. The molecule has 0 bridgehead atoms. The number of para-hydroxylation sites is 1. The van der Waals surface area contributed by atoms with Crippen molar-refractivity contribution in [1.29, 1.82) is 0 Å². The van der Waals surface area contributed by atoms with Crippen molar-refractivity contribution in [1.82, 2.24) is 4.90 Å². The third kappa shape index (κ3) is 4.30. The van der Waals surface area contributed by atoms with E-state index in [1.54, 1.807) is 18.2 Å². The maximum absolute atomic E-state index is 11.1. The normalized spacial score (nSPS) is 15.7. The van der Waals surface area contributed by atoms with Crippen molar-refractivity contribution in [2.75, 3.05) is 51.8 Å². The maximum atomic E-state index is 11.1. The van der Waals surface area contributed by atoms with Crippen molar-refractivity contribution in [3.63, 3.8) is 0 Å². The predicted octanol–water partition coefficient (Wildman–Crippen LogP) is 1.74. The zero-order chi connectivity index (χ0) is 15.1. The van der Waals surface area contributed by atoms with Crippen molar-refractivity contribution < 1.29 is 14.4 Å². The Morgan fingerprint density at radius 1 is 1.43 bits per heavy atom. The summed E-state index contributed by atoms with van der Waals surface area (Å²) in [5.74, 6) is 0.276. The number of nitrogens with zero attached hydrogens (tertiary/aromatic N) is 2. The van der Waals surface area contributed by atoms with Gasteiger partial charge in [-0.3, -0.25) is 15.0 Å². The largest absolute Gasteiger partial charge is 0.490 e. The first-order valence-electron chi connectivity index (χ1n) is 7.07. The number of rotatable bonds is 7. The van der Waals surface area contributed by atoms with Crippen molar-refractivity contribution in [3.8, 4) is 5.75 Å². The summed E-state index contributed by atoms with van der Waals surface area (Å²) in [4.78, 5) is 13.1. The summed E-state index contributed by atoms with van der Waals surface area (Å²) in [5.41, 5.74) is 0.493. The average molecular weight is 295 g/mol. The van der Waals surface area contributed by atoms with Gasteiger partial charge in [0.2, 0.25) is 0 Å². The SMILES string of the molecule is COc1cccc(NCCCN2CCOCC2)c1[N+](=O)[O-]. The fraction of sp³-hybridized carbons (Fsp3) is 0.571. The van der Waals surface area contributed by atoms with Crippen LogP contribution in [0, 0.1) is 10.1 Å². The zero-order valence-corrected chi connectivity index (χ0v) is 12.2. The molecule has 1 N–H and O–H groups in total. The first kappa shape index (κ1) is 15.5. The number of morpholine rings is 1. The van der Waals surface area contributed by atoms with E-state index in [1.807, 2.05) is 0 Å². The molecule has 21 heavy (non-hydrogen) atoms. The minimum atomic E-state index is -0.414. The highest BCUT2D eigenvalue weighted by molar-refractivity contribution is 5.68. The van der Waals surface area contributed by atoms with E-state index in [0.717, 1.165) is 39.3 Å². The minimum Gasteiger partial charge on any atom is -0.490 e. The van der Waals surface area contributed by atoms with Gasteiger partial charge in [0.25, 0.3) is 0 Å². The molecule has 0 spiro atoms. The summed E-state index contributed by atoms with van der Waals surface area (Å²) >= 11 is 0. The van der Waals surface area contributed by atoms with Crippen LogP contribution in [0.4, 0.5) is 11.4 Å². The Labute approximate surface area is 124 Å². The van der Waals surface area contributed by atoms with E-state index in [0.29, 0.717) is 12.2 Å². The van der Waals surface area contributed by atoms with E-state index in [9.17, 15) is 10.1 Å². The van der Waals surface area contributed by atoms with Crippen molar-refractivity contribution >= 4 is 11.4 Å². The first-order chi connectivity index (χ1) is 10.2. The second-order valence-electron chi connectivity index (χ2n) is 4.85. The highest BCUT2D eigenvalue weighted by Gasteiger charge is 2.20. The number of nitro groups is 1. The summed E-state index contributed by atoms with van der Waals surface area (Å²) in [6.45, 7) is 5.14. The monoisotopic (exact) mass is 295 g/mol. The lowest BCUT2D eigenvalue weighted by atomic mass is 10.2. The van der Waals surface area contributed by atoms with Crippen LogP contribution in [0.15, 0.2) is 18.2 Å². The molecule has 1 saturated heterocycles. The predicted molar refractivity (Wildman–Crippen MR) is 80.0 cm³/mol. The molecule has 0 saturated carbocycles. The Morgan fingerprint density at radius 3 is 2.86 bits per heavy atom. The van der Waals surface area contributed by atoms with E-state index in [4.69, 9.17) is 9.47 Å². The maximum Gasteiger partial charge on any atom is 0.333 e. The van der Waals surface area contributed by atoms with Gasteiger partial charge in [0, 0.05) is 19.6 Å². The number of methoxy groups -OCH3 is 1. The number of benzene rings is 1. The van der Waals surface area contributed by atoms with Gasteiger partial charge in [-0.15, -0.1) is 0 Å². The highest BCUT2D eigenvalue weighted by atomic mass is 16.6. The molecule has 1 fully saturated rings. The van der Waals surface area contributed by atoms with Crippen LogP contribution in [0.25, 0.3) is 0 Å². The van der Waals surface area contributed by atoms with Crippen LogP contribution in [0.1, 0.15) is 6.42 Å². The fourth-order valence-corrected chi connectivity index (χ4v) is 2.37. The smallest absolute Gasteiger partial charge is 0.333 e. The topological polar surface area (TPSA) is 76.9 Å². The lowest BCUT2D eigenvalue weighted by Gasteiger charge is -2.26. The zero-order valence-electron chi connectivity index (χ0n) is 12.2. The van der Waals surface area contributed by atoms with Gasteiger partial charge in [0.1, 0.15) is 5.69 Å². The molecular weight excluding hydrogens is 274 g/mol. The van der Waals surface area contributed by atoms with Crippen LogP contribution in [-0.4, -0.2) is 56.3 Å². The van der Waals surface area contributed by atoms with Crippen LogP contribution in [0.3, 0.4) is 0 Å². The molecule has 2 rings (SSSR count). The number of hydrogen-bond acceptors (Lipinski definition) is 6. The molecule has 0 aromatic heterocycles. The molecule has 1 aromatic carbocycles. The molecule has 1 aliphatic heterocycles. The van der Waals surface area contributed by atoms with E-state index in [2.05, 4.69) is 10.2 Å². The molecule has 1 heterocycles. The molecule has 1 aliphatic rings. The summed E-state index contributed by atoms with van der Waals surface area (Å²) in [5, 5.41) is 14.3. The molecule has 7 nitrogen and oxygen atoms in total. The molecule has 0 unspecified atom stereocenters. The Balaban J connectivity index is 1.86. The second-order valence-corrected chi connectivity index (χ2v) is 4.85. The molecule has 0 aliphatic carbocycles. The van der Waals surface area contributed by atoms with Crippen molar-refractivity contribution in [2.24, 2.45) is 0 Å². The number of nitrogens with one attached hydrogen (secondary N) is 1. The van der Waals surface area contributed by atoms with Crippen LogP contribution >= 0.6 is 0 Å². The van der Waals surface area contributed by atoms with Crippen LogP contribution in [-0.2, 0) is 4.74 Å². The van der Waals surface area contributed by atoms with Crippen LogP contribution in [0.2, 0.25) is 0 Å². The molecule has 1 aromatic rings. The quantitative estimate of drug-likeness (QED) is 0.469. The Bertz CT molecular complexity index is 475. The molecule has 0 atom stereocenters. The van der Waals surface area contributed by atoms with E-state index in [1.165, 1.54) is 7.11 Å². The number of ether oxygens (including phenoxy) is 2. The number of hydrogen-bond donors (Lipinski definition) is 1. The van der Waals surface area contributed by atoms with Gasteiger partial charge in [-0.2, -0.15) is 0 Å². The lowest BCUT2D eigenvalue weighted by molar-refractivity contribution is -0.384. The van der Waals surface area contributed by atoms with Crippen LogP contribution in [0.5, 0.6) is 5.75 Å². The van der Waals surface area contributed by atoms with Crippen molar-refractivity contribution in [3.05, 3.63) is 28.3 Å². The lowest BCUT2D eigenvalue weighted by Crippen LogP contribution is -2.37. The molecule has 0 amide bonds. The van der Waals surface area contributed by atoms with E-state index in [-0.39, 0.29) is 11.4 Å². The summed E-state index contributed by atoms with van der Waals surface area (Å²) in [7, 11) is 1.44. The molecule has 0 radical (unpaired) electrons. The molecule has 116 valence electrons. The van der Waals surface area contributed by atoms with Gasteiger partial charge in [-0.25, -0.2) is 0 Å². The summed E-state index contributed by atoms with van der Waals surface area (Å²) < 4.78 is 10.3. The molecule has 7 heteroatoms. The van der Waals surface area contributed by atoms with Gasteiger partial charge in [0.15, 0.2) is 5.75 Å². The Hall–Kier alpha value is -1.86. The fourth-order valence-electron chi connectivity index (χ4n) is 2.37. The number of anilines is 1. The van der Waals surface area contributed by atoms with Gasteiger partial charge in [-0.05, 0) is 25.1 Å². The first-order valence-corrected chi connectivity index (χ1v) is 7.07. The van der Waals surface area contributed by atoms with E-state index >= 15 is 0 Å². The van der Waals surface area contributed by atoms with Gasteiger partial charge in [-0.1, -0.05) is 6.07 Å². The third-order valence-electron chi connectivity index (χ3n) is 3.47. The second kappa shape index (κ2) is 7.80. The van der Waals surface area contributed by atoms with Crippen LogP contribution < -0.4 is 10.1 Å². The highest BCUT2D eigenvalue weighted by Crippen LogP contribution is 2.34. The summed E-state index contributed by atoms with van der Waals surface area (Å²) in [6, 6.07) is 5.04. The third-order valence-corrected chi connectivity index (χ3v) is 3.47. The van der Waals surface area contributed by atoms with Gasteiger partial charge < -0.3 is 14.8 Å². The Morgan fingerprint density at radius 2 is 2.19 bits per heavy atom. The number of nitro benzene ring substituents is 1. The van der Waals surface area contributed by atoms with E-state index < -0.39 is 4.92 Å². The Kier molecular flexibility index (Phi) is 5.77. The average Bonchev–Trinajstić information content (AvgIpc) is 2.52.